The fourth-order valence-corrected chi connectivity index (χ4v) is 2.36. The molecule has 27 heavy (non-hydrogen) atoms. The average Bonchev–Trinajstić information content (AvgIpc) is 2.66. The molecule has 2 aromatic carbocycles. The molecule has 0 aromatic heterocycles. The molecule has 142 valence electrons. The summed E-state index contributed by atoms with van der Waals surface area (Å²) in [6.45, 7) is 2.31. The van der Waals surface area contributed by atoms with Gasteiger partial charge in [0.15, 0.2) is 0 Å². The predicted octanol–water partition coefficient (Wildman–Crippen LogP) is 6.95. The minimum Gasteiger partial charge on any atom is -0.493 e. The van der Waals surface area contributed by atoms with Gasteiger partial charge in [-0.25, -0.2) is 0 Å². The summed E-state index contributed by atoms with van der Waals surface area (Å²) in [4.78, 5) is 0. The van der Waals surface area contributed by atoms with Gasteiger partial charge in [-0.2, -0.15) is 28.7 Å². The normalized spacial score (nSPS) is 11.5. The van der Waals surface area contributed by atoms with Gasteiger partial charge in [-0.1, -0.05) is 26.2 Å². The zero-order valence-electron chi connectivity index (χ0n) is 15.0. The van der Waals surface area contributed by atoms with E-state index >= 15 is 0 Å². The molecule has 4 nitrogen and oxygen atoms in total. The van der Waals surface area contributed by atoms with E-state index in [1.807, 2.05) is 6.07 Å². The van der Waals surface area contributed by atoms with Crippen LogP contribution in [0.15, 0.2) is 52.7 Å². The standard InChI is InChI=1S/C20H20F3N3O/c1-2-3-4-5-12-27-19-11-10-17(13-18(19)20(21,22)23)26-25-16-8-6-15(14-24)7-9-16/h6-11,13H,2-5,12H2,1H3/b26-25+. The van der Waals surface area contributed by atoms with E-state index in [0.29, 0.717) is 17.7 Å². The summed E-state index contributed by atoms with van der Waals surface area (Å²) >= 11 is 0. The molecule has 0 saturated carbocycles. The minimum absolute atomic E-state index is 0.0741. The predicted molar refractivity (Wildman–Crippen MR) is 96.4 cm³/mol. The van der Waals surface area contributed by atoms with Gasteiger partial charge in [0.25, 0.3) is 0 Å². The van der Waals surface area contributed by atoms with Crippen molar-refractivity contribution in [2.24, 2.45) is 10.2 Å². The molecule has 0 aliphatic heterocycles. The highest BCUT2D eigenvalue weighted by Gasteiger charge is 2.34. The van der Waals surface area contributed by atoms with Gasteiger partial charge >= 0.3 is 6.18 Å². The molecule has 0 atom stereocenters. The molecule has 7 heteroatoms. The third-order valence-electron chi connectivity index (χ3n) is 3.80. The highest BCUT2D eigenvalue weighted by Crippen LogP contribution is 2.38. The minimum atomic E-state index is -4.54. The van der Waals surface area contributed by atoms with Crippen LogP contribution in [0.1, 0.15) is 43.7 Å². The first-order valence-corrected chi connectivity index (χ1v) is 8.70. The molecule has 0 saturated heterocycles. The quantitative estimate of drug-likeness (QED) is 0.370. The van der Waals surface area contributed by atoms with Gasteiger partial charge in [-0.15, -0.1) is 0 Å². The van der Waals surface area contributed by atoms with E-state index in [1.165, 1.54) is 12.1 Å². The summed E-state index contributed by atoms with van der Waals surface area (Å²) in [5.41, 5.74) is 0.117. The Kier molecular flexibility index (Phi) is 7.35. The van der Waals surface area contributed by atoms with Crippen molar-refractivity contribution in [3.8, 4) is 11.8 Å². The number of unbranched alkanes of at least 4 members (excludes halogenated alkanes) is 3. The molecule has 0 fully saturated rings. The van der Waals surface area contributed by atoms with E-state index in [0.717, 1.165) is 25.3 Å². The maximum Gasteiger partial charge on any atom is 0.420 e. The lowest BCUT2D eigenvalue weighted by Gasteiger charge is -2.14. The zero-order valence-corrected chi connectivity index (χ0v) is 15.0. The average molecular weight is 375 g/mol. The number of hydrogen-bond donors (Lipinski definition) is 0. The summed E-state index contributed by atoms with van der Waals surface area (Å²) < 4.78 is 45.3. The van der Waals surface area contributed by atoms with Crippen molar-refractivity contribution in [1.82, 2.24) is 0 Å². The van der Waals surface area contributed by atoms with Crippen LogP contribution in [-0.4, -0.2) is 6.61 Å². The number of hydrogen-bond acceptors (Lipinski definition) is 4. The van der Waals surface area contributed by atoms with Gasteiger partial charge in [-0.05, 0) is 48.9 Å². The Bertz CT molecular complexity index is 809. The first-order chi connectivity index (χ1) is 12.9. The maximum absolute atomic E-state index is 13.3. The number of nitrogens with zero attached hydrogens (tertiary/aromatic N) is 3. The van der Waals surface area contributed by atoms with Crippen LogP contribution in [0.25, 0.3) is 0 Å². The summed E-state index contributed by atoms with van der Waals surface area (Å²) in [7, 11) is 0. The molecule has 2 rings (SSSR count). The van der Waals surface area contributed by atoms with Gasteiger partial charge in [0.2, 0.25) is 0 Å². The second-order valence-corrected chi connectivity index (χ2v) is 5.95. The SMILES string of the molecule is CCCCCCOc1ccc(/N=N/c2ccc(C#N)cc2)cc1C(F)(F)F. The van der Waals surface area contributed by atoms with Gasteiger partial charge in [0.05, 0.1) is 35.2 Å². The first kappa shape index (κ1) is 20.4. The number of ether oxygens (including phenoxy) is 1. The molecule has 0 N–H and O–H groups in total. The fraction of sp³-hybridized carbons (Fsp3) is 0.350. The molecule has 0 amide bonds. The molecule has 2 aromatic rings. The van der Waals surface area contributed by atoms with Crippen LogP contribution >= 0.6 is 0 Å². The van der Waals surface area contributed by atoms with Gasteiger partial charge in [0.1, 0.15) is 5.75 Å². The smallest absolute Gasteiger partial charge is 0.420 e. The van der Waals surface area contributed by atoms with Crippen molar-refractivity contribution in [2.75, 3.05) is 6.61 Å². The number of azo groups is 1. The monoisotopic (exact) mass is 375 g/mol. The van der Waals surface area contributed by atoms with E-state index in [9.17, 15) is 13.2 Å². The van der Waals surface area contributed by atoms with Crippen molar-refractivity contribution >= 4 is 11.4 Å². The van der Waals surface area contributed by atoms with Crippen LogP contribution in [-0.2, 0) is 6.18 Å². The van der Waals surface area contributed by atoms with Crippen LogP contribution in [0.2, 0.25) is 0 Å². The second kappa shape index (κ2) is 9.72. The van der Waals surface area contributed by atoms with E-state index in [1.54, 1.807) is 24.3 Å². The van der Waals surface area contributed by atoms with Crippen molar-refractivity contribution in [3.63, 3.8) is 0 Å². The van der Waals surface area contributed by atoms with Crippen LogP contribution in [0.3, 0.4) is 0 Å². The largest absolute Gasteiger partial charge is 0.493 e. The van der Waals surface area contributed by atoms with E-state index in [2.05, 4.69) is 17.2 Å². The molecule has 0 aliphatic carbocycles. The zero-order chi connectivity index (χ0) is 19.7. The number of alkyl halides is 3. The highest BCUT2D eigenvalue weighted by molar-refractivity contribution is 5.49. The second-order valence-electron chi connectivity index (χ2n) is 5.95. The Morgan fingerprint density at radius 1 is 0.963 bits per heavy atom. The fourth-order valence-electron chi connectivity index (χ4n) is 2.36. The Morgan fingerprint density at radius 2 is 1.63 bits per heavy atom. The summed E-state index contributed by atoms with van der Waals surface area (Å²) in [5.74, 6) is -0.198. The van der Waals surface area contributed by atoms with Gasteiger partial charge in [0, 0.05) is 0 Å². The third kappa shape index (κ3) is 6.41. The highest BCUT2D eigenvalue weighted by atomic mass is 19.4. The van der Waals surface area contributed by atoms with Crippen molar-refractivity contribution in [1.29, 1.82) is 5.26 Å². The molecule has 0 heterocycles. The molecule has 0 unspecified atom stereocenters. The summed E-state index contributed by atoms with van der Waals surface area (Å²) in [6.07, 6.45) is -0.824. The third-order valence-corrected chi connectivity index (χ3v) is 3.80. The Hall–Kier alpha value is -2.88. The van der Waals surface area contributed by atoms with Crippen LogP contribution < -0.4 is 4.74 Å². The summed E-state index contributed by atoms with van der Waals surface area (Å²) in [6, 6.07) is 11.9. The maximum atomic E-state index is 13.3. The number of halogens is 3. The molecule has 0 spiro atoms. The van der Waals surface area contributed by atoms with Crippen molar-refractivity contribution in [3.05, 3.63) is 53.6 Å². The molecular formula is C20H20F3N3O. The van der Waals surface area contributed by atoms with Crippen LogP contribution in [0.4, 0.5) is 24.5 Å². The molecule has 0 aliphatic rings. The first-order valence-electron chi connectivity index (χ1n) is 8.70. The van der Waals surface area contributed by atoms with E-state index in [-0.39, 0.29) is 18.0 Å². The lowest BCUT2D eigenvalue weighted by molar-refractivity contribution is -0.138. The van der Waals surface area contributed by atoms with Crippen molar-refractivity contribution in [2.45, 2.75) is 38.8 Å². The number of benzene rings is 2. The van der Waals surface area contributed by atoms with Crippen molar-refractivity contribution < 1.29 is 17.9 Å². The van der Waals surface area contributed by atoms with Gasteiger partial charge < -0.3 is 4.74 Å². The Morgan fingerprint density at radius 3 is 2.26 bits per heavy atom. The Balaban J connectivity index is 2.13. The molecule has 0 bridgehead atoms. The number of rotatable bonds is 8. The topological polar surface area (TPSA) is 57.7 Å². The van der Waals surface area contributed by atoms with Gasteiger partial charge in [-0.3, -0.25) is 0 Å². The molecule has 0 radical (unpaired) electrons. The van der Waals surface area contributed by atoms with Crippen LogP contribution in [0, 0.1) is 11.3 Å². The number of nitriles is 1. The lowest BCUT2D eigenvalue weighted by atomic mass is 10.1. The van der Waals surface area contributed by atoms with E-state index in [4.69, 9.17) is 10.00 Å². The molecular weight excluding hydrogens is 355 g/mol. The van der Waals surface area contributed by atoms with Crippen LogP contribution in [0.5, 0.6) is 5.75 Å². The Labute approximate surface area is 156 Å². The lowest BCUT2D eigenvalue weighted by Crippen LogP contribution is -2.09. The summed E-state index contributed by atoms with van der Waals surface area (Å²) in [5, 5.41) is 16.5. The van der Waals surface area contributed by atoms with E-state index < -0.39 is 11.7 Å².